The van der Waals surface area contributed by atoms with E-state index in [1.807, 2.05) is 48.5 Å². The van der Waals surface area contributed by atoms with Gasteiger partial charge >= 0.3 is 0 Å². The van der Waals surface area contributed by atoms with Crippen molar-refractivity contribution < 1.29 is 9.59 Å². The van der Waals surface area contributed by atoms with Crippen molar-refractivity contribution in [2.75, 3.05) is 12.3 Å². The minimum absolute atomic E-state index is 0.0327. The number of benzene rings is 2. The molecule has 4 aliphatic rings. The van der Waals surface area contributed by atoms with Crippen LogP contribution in [-0.2, 0) is 11.2 Å². The normalized spacial score (nSPS) is 27.4. The molecule has 4 aliphatic carbocycles. The van der Waals surface area contributed by atoms with Gasteiger partial charge in [0, 0.05) is 22.0 Å². The molecule has 2 N–H and O–H groups in total. The number of thioether (sulfide) groups is 1. The van der Waals surface area contributed by atoms with Crippen molar-refractivity contribution in [1.82, 2.24) is 10.6 Å². The van der Waals surface area contributed by atoms with Gasteiger partial charge in [0.1, 0.15) is 0 Å². The van der Waals surface area contributed by atoms with Crippen LogP contribution in [0.15, 0.2) is 53.4 Å². The fraction of sp³-hybridized carbons (Fsp3) is 0.481. The third-order valence-electron chi connectivity index (χ3n) is 7.55. The average molecular weight is 483 g/mol. The smallest absolute Gasteiger partial charge is 0.252 e. The predicted octanol–water partition coefficient (Wildman–Crippen LogP) is 5.49. The minimum atomic E-state index is -0.103. The molecule has 4 saturated carbocycles. The van der Waals surface area contributed by atoms with Gasteiger partial charge < -0.3 is 10.6 Å². The summed E-state index contributed by atoms with van der Waals surface area (Å²) in [4.78, 5) is 26.5. The van der Waals surface area contributed by atoms with Crippen LogP contribution < -0.4 is 10.6 Å². The Hall–Kier alpha value is -1.98. The fourth-order valence-electron chi connectivity index (χ4n) is 6.59. The summed E-state index contributed by atoms with van der Waals surface area (Å²) in [6.45, 7) is 0.548. The lowest BCUT2D eigenvalue weighted by molar-refractivity contribution is -0.124. The number of amides is 2. The van der Waals surface area contributed by atoms with Gasteiger partial charge in [-0.3, -0.25) is 9.59 Å². The Morgan fingerprint density at radius 1 is 0.939 bits per heavy atom. The Balaban J connectivity index is 1.14. The van der Waals surface area contributed by atoms with Gasteiger partial charge in [0.2, 0.25) is 5.91 Å². The minimum Gasteiger partial charge on any atom is -0.352 e. The zero-order valence-electron chi connectivity index (χ0n) is 18.8. The number of carbonyl (C=O) groups is 2. The van der Waals surface area contributed by atoms with Gasteiger partial charge in [-0.1, -0.05) is 35.9 Å². The van der Waals surface area contributed by atoms with Crippen molar-refractivity contribution in [1.29, 1.82) is 0 Å². The van der Waals surface area contributed by atoms with Crippen LogP contribution in [0, 0.1) is 17.8 Å². The lowest BCUT2D eigenvalue weighted by Crippen LogP contribution is -2.60. The van der Waals surface area contributed by atoms with E-state index in [2.05, 4.69) is 10.6 Å². The summed E-state index contributed by atoms with van der Waals surface area (Å²) in [5.74, 6) is 2.76. The first-order chi connectivity index (χ1) is 16.0. The molecular formula is C27H31ClN2O2S. The molecule has 33 heavy (non-hydrogen) atoms. The molecule has 6 heteroatoms. The summed E-state index contributed by atoms with van der Waals surface area (Å²) >= 11 is 7.39. The van der Waals surface area contributed by atoms with Crippen molar-refractivity contribution >= 4 is 35.2 Å². The second-order valence-corrected chi connectivity index (χ2v) is 11.6. The summed E-state index contributed by atoms with van der Waals surface area (Å²) in [6, 6.07) is 15.2. The van der Waals surface area contributed by atoms with Crippen LogP contribution in [0.3, 0.4) is 0 Å². The van der Waals surface area contributed by atoms with Gasteiger partial charge in [-0.15, -0.1) is 11.8 Å². The maximum Gasteiger partial charge on any atom is 0.252 e. The topological polar surface area (TPSA) is 58.2 Å². The maximum atomic E-state index is 12.9. The van der Waals surface area contributed by atoms with E-state index in [0.717, 1.165) is 53.9 Å². The molecule has 4 nitrogen and oxygen atoms in total. The third kappa shape index (κ3) is 5.41. The molecule has 4 bridgehead atoms. The molecule has 0 aromatic heterocycles. The van der Waals surface area contributed by atoms with Crippen LogP contribution in [0.4, 0.5) is 0 Å². The Morgan fingerprint density at radius 2 is 1.58 bits per heavy atom. The Labute approximate surface area is 205 Å². The first kappa shape index (κ1) is 22.8. The summed E-state index contributed by atoms with van der Waals surface area (Å²) in [5.41, 5.74) is 1.79. The molecule has 0 aliphatic heterocycles. The largest absolute Gasteiger partial charge is 0.352 e. The average Bonchev–Trinajstić information content (AvgIpc) is 2.78. The molecular weight excluding hydrogens is 452 g/mol. The summed E-state index contributed by atoms with van der Waals surface area (Å²) < 4.78 is 0. The van der Waals surface area contributed by atoms with Crippen molar-refractivity contribution in [3.63, 3.8) is 0 Å². The molecule has 2 aromatic carbocycles. The van der Waals surface area contributed by atoms with Crippen LogP contribution in [0.25, 0.3) is 0 Å². The molecule has 0 spiro atoms. The zero-order valence-corrected chi connectivity index (χ0v) is 20.4. The first-order valence-electron chi connectivity index (χ1n) is 12.0. The number of nitrogens with one attached hydrogen (secondary N) is 2. The van der Waals surface area contributed by atoms with Crippen LogP contribution in [0.5, 0.6) is 0 Å². The van der Waals surface area contributed by atoms with E-state index in [9.17, 15) is 9.59 Å². The number of hydrogen-bond donors (Lipinski definition) is 2. The van der Waals surface area contributed by atoms with Gasteiger partial charge in [0.15, 0.2) is 0 Å². The Bertz CT molecular complexity index is 988. The first-order valence-corrected chi connectivity index (χ1v) is 13.4. The van der Waals surface area contributed by atoms with E-state index in [1.165, 1.54) is 31.0 Å². The van der Waals surface area contributed by atoms with E-state index >= 15 is 0 Å². The van der Waals surface area contributed by atoms with Gasteiger partial charge in [0.05, 0.1) is 11.3 Å². The van der Waals surface area contributed by atoms with E-state index in [4.69, 9.17) is 11.6 Å². The van der Waals surface area contributed by atoms with Gasteiger partial charge in [-0.25, -0.2) is 0 Å². The molecule has 174 valence electrons. The highest BCUT2D eigenvalue weighted by molar-refractivity contribution is 8.00. The second kappa shape index (κ2) is 9.71. The van der Waals surface area contributed by atoms with Crippen molar-refractivity contribution in [2.24, 2.45) is 17.8 Å². The SMILES string of the molecule is O=C(CSc1ccccc1C(=O)NCCc1ccc(Cl)cc1)NC12CC3CC(CC(C3)C1)C2. The fourth-order valence-corrected chi connectivity index (χ4v) is 7.56. The molecule has 0 radical (unpaired) electrons. The van der Waals surface area contributed by atoms with Crippen molar-refractivity contribution in [2.45, 2.75) is 55.4 Å². The molecule has 0 unspecified atom stereocenters. The van der Waals surface area contributed by atoms with Crippen molar-refractivity contribution in [3.05, 3.63) is 64.7 Å². The molecule has 0 heterocycles. The van der Waals surface area contributed by atoms with Gasteiger partial charge in [-0.05, 0) is 92.5 Å². The summed E-state index contributed by atoms with van der Waals surface area (Å²) in [6.07, 6.45) is 8.30. The standard InChI is InChI=1S/C27H31ClN2O2S/c28-22-7-5-18(6-8-22)9-10-29-26(32)23-3-1-2-4-24(23)33-17-25(31)30-27-14-19-11-20(15-27)13-21(12-19)16-27/h1-8,19-21H,9-17H2,(H,29,32)(H,30,31). The number of carbonyl (C=O) groups excluding carboxylic acids is 2. The predicted molar refractivity (Wildman–Crippen MR) is 134 cm³/mol. The zero-order chi connectivity index (χ0) is 22.8. The van der Waals surface area contributed by atoms with Crippen LogP contribution in [0.2, 0.25) is 5.02 Å². The van der Waals surface area contributed by atoms with E-state index in [0.29, 0.717) is 22.9 Å². The molecule has 2 amide bonds. The molecule has 6 rings (SSSR count). The van der Waals surface area contributed by atoms with E-state index < -0.39 is 0 Å². The quantitative estimate of drug-likeness (QED) is 0.489. The van der Waals surface area contributed by atoms with Crippen LogP contribution in [0.1, 0.15) is 54.4 Å². The number of rotatable bonds is 8. The Morgan fingerprint density at radius 3 is 2.24 bits per heavy atom. The Kier molecular flexibility index (Phi) is 6.71. The third-order valence-corrected chi connectivity index (χ3v) is 8.87. The molecule has 4 fully saturated rings. The van der Waals surface area contributed by atoms with Crippen LogP contribution in [-0.4, -0.2) is 29.7 Å². The van der Waals surface area contributed by atoms with Crippen LogP contribution >= 0.6 is 23.4 Å². The van der Waals surface area contributed by atoms with E-state index in [-0.39, 0.29) is 17.4 Å². The van der Waals surface area contributed by atoms with Gasteiger partial charge in [-0.2, -0.15) is 0 Å². The monoisotopic (exact) mass is 482 g/mol. The maximum absolute atomic E-state index is 12.9. The molecule has 2 aromatic rings. The summed E-state index contributed by atoms with van der Waals surface area (Å²) in [5, 5.41) is 7.15. The lowest BCUT2D eigenvalue weighted by atomic mass is 9.53. The summed E-state index contributed by atoms with van der Waals surface area (Å²) in [7, 11) is 0. The highest BCUT2D eigenvalue weighted by Gasteiger charge is 2.51. The second-order valence-electron chi connectivity index (χ2n) is 10.2. The highest BCUT2D eigenvalue weighted by Crippen LogP contribution is 2.55. The lowest BCUT2D eigenvalue weighted by Gasteiger charge is -2.56. The molecule has 0 atom stereocenters. The number of hydrogen-bond acceptors (Lipinski definition) is 3. The van der Waals surface area contributed by atoms with Gasteiger partial charge in [0.25, 0.3) is 5.91 Å². The van der Waals surface area contributed by atoms with Crippen molar-refractivity contribution in [3.8, 4) is 0 Å². The van der Waals surface area contributed by atoms with E-state index in [1.54, 1.807) is 0 Å². The highest BCUT2D eigenvalue weighted by atomic mass is 35.5. The number of halogens is 1. The molecule has 0 saturated heterocycles.